The summed E-state index contributed by atoms with van der Waals surface area (Å²) in [5.41, 5.74) is 6.06. The molecule has 2 aliphatic carbocycles. The highest BCUT2D eigenvalue weighted by molar-refractivity contribution is 5.90. The molecule has 31 heavy (non-hydrogen) atoms. The van der Waals surface area contributed by atoms with E-state index in [0.29, 0.717) is 17.6 Å². The van der Waals surface area contributed by atoms with Crippen LogP contribution < -0.4 is 5.32 Å². The van der Waals surface area contributed by atoms with Crippen LogP contribution in [0.25, 0.3) is 0 Å². The second-order valence-electron chi connectivity index (χ2n) is 8.39. The molecule has 3 rings (SSSR count). The number of allylic oxidation sites excluding steroid dienone is 5. The molecule has 1 unspecified atom stereocenters. The average molecular weight is 421 g/mol. The van der Waals surface area contributed by atoms with Crippen molar-refractivity contribution in [3.63, 3.8) is 0 Å². The van der Waals surface area contributed by atoms with Gasteiger partial charge in [0.1, 0.15) is 0 Å². The van der Waals surface area contributed by atoms with Gasteiger partial charge in [0.15, 0.2) is 5.78 Å². The zero-order chi connectivity index (χ0) is 23.4. The maximum absolute atomic E-state index is 12.1. The normalized spacial score (nSPS) is 16.5. The summed E-state index contributed by atoms with van der Waals surface area (Å²) in [5, 5.41) is 11.7. The van der Waals surface area contributed by atoms with E-state index < -0.39 is 0 Å². The highest BCUT2D eigenvalue weighted by Gasteiger charge is 2.33. The molecule has 0 spiro atoms. The number of carbonyl (C=O) groups excluding carboxylic acids is 1. The van der Waals surface area contributed by atoms with Crippen molar-refractivity contribution in [1.29, 1.82) is 5.26 Å². The summed E-state index contributed by atoms with van der Waals surface area (Å²) in [6.45, 7) is 12.6. The van der Waals surface area contributed by atoms with Crippen molar-refractivity contribution in [2.24, 2.45) is 5.92 Å². The third-order valence-electron chi connectivity index (χ3n) is 5.58. The van der Waals surface area contributed by atoms with Crippen LogP contribution in [0, 0.1) is 17.2 Å². The Balaban J connectivity index is 0.000000317. The lowest BCUT2D eigenvalue weighted by molar-refractivity contribution is -0.121. The smallest absolute Gasteiger partial charge is 0.156 e. The molecule has 1 saturated carbocycles. The van der Waals surface area contributed by atoms with Crippen molar-refractivity contribution in [1.82, 2.24) is 5.32 Å². The van der Waals surface area contributed by atoms with Gasteiger partial charge in [-0.15, -0.1) is 0 Å². The molecule has 1 atom stereocenters. The molecular formula is C28H40N2O. The van der Waals surface area contributed by atoms with Crippen molar-refractivity contribution in [2.45, 2.75) is 79.2 Å². The molecule has 0 aliphatic heterocycles. The van der Waals surface area contributed by atoms with Gasteiger partial charge in [-0.2, -0.15) is 5.26 Å². The zero-order valence-corrected chi connectivity index (χ0v) is 20.5. The average Bonchev–Trinajstić information content (AvgIpc) is 3.64. The van der Waals surface area contributed by atoms with E-state index in [4.69, 9.17) is 5.26 Å². The highest BCUT2D eigenvalue weighted by atomic mass is 16.1. The van der Waals surface area contributed by atoms with Gasteiger partial charge in [0, 0.05) is 5.92 Å². The first-order valence-electron chi connectivity index (χ1n) is 11.6. The first-order valence-corrected chi connectivity index (χ1v) is 11.6. The molecule has 1 aromatic carbocycles. The lowest BCUT2D eigenvalue weighted by Gasteiger charge is -2.16. The van der Waals surface area contributed by atoms with Crippen LogP contribution in [0.5, 0.6) is 0 Å². The second-order valence-corrected chi connectivity index (χ2v) is 8.39. The van der Waals surface area contributed by atoms with Crippen molar-refractivity contribution >= 4 is 5.78 Å². The Morgan fingerprint density at radius 1 is 1.13 bits per heavy atom. The quantitative estimate of drug-likeness (QED) is 0.546. The number of likely N-dealkylation sites (N-methyl/N-ethyl adjacent to an activating group) is 1. The van der Waals surface area contributed by atoms with E-state index in [1.54, 1.807) is 0 Å². The van der Waals surface area contributed by atoms with E-state index in [-0.39, 0.29) is 6.04 Å². The van der Waals surface area contributed by atoms with Crippen molar-refractivity contribution in [3.8, 4) is 6.07 Å². The molecule has 3 nitrogen and oxygen atoms in total. The van der Waals surface area contributed by atoms with E-state index in [9.17, 15) is 4.79 Å². The number of ketones is 1. The van der Waals surface area contributed by atoms with Crippen LogP contribution in [-0.2, 0) is 4.79 Å². The molecule has 0 bridgehead atoms. The maximum Gasteiger partial charge on any atom is 0.156 e. The molecule has 0 heterocycles. The van der Waals surface area contributed by atoms with E-state index in [2.05, 4.69) is 57.3 Å². The fourth-order valence-corrected chi connectivity index (χ4v) is 3.30. The van der Waals surface area contributed by atoms with Crippen LogP contribution in [0.3, 0.4) is 0 Å². The summed E-state index contributed by atoms with van der Waals surface area (Å²) in [6, 6.07) is 9.71. The Labute approximate surface area is 189 Å². The van der Waals surface area contributed by atoms with Crippen LogP contribution in [0.15, 0.2) is 59.2 Å². The van der Waals surface area contributed by atoms with E-state index in [1.807, 2.05) is 45.2 Å². The van der Waals surface area contributed by atoms with E-state index in [0.717, 1.165) is 31.2 Å². The summed E-state index contributed by atoms with van der Waals surface area (Å²) >= 11 is 0. The Morgan fingerprint density at radius 3 is 2.16 bits per heavy atom. The minimum Gasteiger partial charge on any atom is -0.307 e. The third-order valence-corrected chi connectivity index (χ3v) is 5.58. The Morgan fingerprint density at radius 2 is 1.74 bits per heavy atom. The molecule has 1 N–H and O–H groups in total. The van der Waals surface area contributed by atoms with Gasteiger partial charge in [-0.25, -0.2) is 0 Å². The van der Waals surface area contributed by atoms with Gasteiger partial charge in [0.25, 0.3) is 0 Å². The minimum absolute atomic E-state index is 0.106. The van der Waals surface area contributed by atoms with Gasteiger partial charge in [0.05, 0.1) is 17.7 Å². The Hall–Kier alpha value is -2.44. The molecule has 0 aromatic heterocycles. The number of Topliss-reactive ketones (excluding diaryl/α,β-unsaturated/α-hetero) is 1. The summed E-state index contributed by atoms with van der Waals surface area (Å²) in [6.07, 6.45) is 10.9. The fourth-order valence-electron chi connectivity index (χ4n) is 3.30. The van der Waals surface area contributed by atoms with Gasteiger partial charge in [-0.1, -0.05) is 63.6 Å². The second kappa shape index (κ2) is 13.8. The summed E-state index contributed by atoms with van der Waals surface area (Å²) < 4.78 is 0. The summed E-state index contributed by atoms with van der Waals surface area (Å²) in [4.78, 5) is 12.1. The summed E-state index contributed by atoms with van der Waals surface area (Å²) in [7, 11) is 1.87. The number of hydrogen-bond acceptors (Lipinski definition) is 3. The molecule has 168 valence electrons. The number of rotatable bonds is 6. The van der Waals surface area contributed by atoms with Gasteiger partial charge < -0.3 is 5.32 Å². The molecule has 0 saturated heterocycles. The van der Waals surface area contributed by atoms with Gasteiger partial charge >= 0.3 is 0 Å². The lowest BCUT2D eigenvalue weighted by atomic mass is 9.93. The van der Waals surface area contributed by atoms with Crippen LogP contribution in [0.1, 0.15) is 84.3 Å². The predicted molar refractivity (Wildman–Crippen MR) is 132 cm³/mol. The van der Waals surface area contributed by atoms with Gasteiger partial charge in [-0.05, 0) is 81.3 Å². The van der Waals surface area contributed by atoms with Crippen LogP contribution in [0.2, 0.25) is 0 Å². The van der Waals surface area contributed by atoms with Gasteiger partial charge in [0.2, 0.25) is 0 Å². The number of hydrogen-bond donors (Lipinski definition) is 1. The maximum atomic E-state index is 12.1. The molecule has 1 aromatic rings. The monoisotopic (exact) mass is 420 g/mol. The van der Waals surface area contributed by atoms with Crippen LogP contribution >= 0.6 is 0 Å². The molecule has 2 aliphatic rings. The number of nitrogens with one attached hydrogen (secondary N) is 1. The zero-order valence-electron chi connectivity index (χ0n) is 20.5. The molecular weight excluding hydrogens is 380 g/mol. The number of carbonyl (C=O) groups is 1. The SMILES string of the molecule is CC.CC(C)c1ccc(C#N)cc1.CNC(/C=C(\C)C1=CC=C(C)CC1)C(=O)C1CC1. The standard InChI is InChI=1S/C16H23NO.C10H11N.C2H6/c1-11-4-6-13(7-5-11)12(2)10-15(17-3)16(18)14-8-9-14;1-8(2)10-5-3-9(7-11)4-6-10;1-2/h4,6,10,14-15,17H,5,7-9H2,1-3H3;3-6,8H,1-2H3;1-2H3/b12-10+;;. The van der Waals surface area contributed by atoms with Crippen molar-refractivity contribution in [3.05, 3.63) is 70.3 Å². The number of nitrogens with zero attached hydrogens (tertiary/aromatic N) is 1. The van der Waals surface area contributed by atoms with E-state index in [1.165, 1.54) is 22.3 Å². The predicted octanol–water partition coefficient (Wildman–Crippen LogP) is 6.87. The van der Waals surface area contributed by atoms with E-state index >= 15 is 0 Å². The molecule has 0 amide bonds. The largest absolute Gasteiger partial charge is 0.307 e. The first kappa shape index (κ1) is 26.6. The first-order chi connectivity index (χ1) is 14.8. The number of benzene rings is 1. The highest BCUT2D eigenvalue weighted by Crippen LogP contribution is 2.32. The fraction of sp³-hybridized carbons (Fsp3) is 0.500. The molecule has 3 heteroatoms. The van der Waals surface area contributed by atoms with Crippen molar-refractivity contribution in [2.75, 3.05) is 7.05 Å². The Kier molecular flexibility index (Phi) is 11.8. The van der Waals surface area contributed by atoms with Crippen molar-refractivity contribution < 1.29 is 4.79 Å². The lowest BCUT2D eigenvalue weighted by Crippen LogP contribution is -2.33. The number of nitriles is 1. The Bertz CT molecular complexity index is 831. The third kappa shape index (κ3) is 9.07. The van der Waals surface area contributed by atoms with Crippen LogP contribution in [-0.4, -0.2) is 18.9 Å². The van der Waals surface area contributed by atoms with Crippen LogP contribution in [0.4, 0.5) is 0 Å². The summed E-state index contributed by atoms with van der Waals surface area (Å²) in [5.74, 6) is 1.22. The molecule has 1 fully saturated rings. The van der Waals surface area contributed by atoms with Gasteiger partial charge in [-0.3, -0.25) is 4.79 Å². The topological polar surface area (TPSA) is 52.9 Å². The molecule has 0 radical (unpaired) electrons. The minimum atomic E-state index is -0.106.